The molecule has 0 spiro atoms. The van der Waals surface area contributed by atoms with Crippen molar-refractivity contribution in [2.45, 2.75) is 52.1 Å². The highest BCUT2D eigenvalue weighted by molar-refractivity contribution is 7.05. The molecule has 2 heterocycles. The number of rotatable bonds is 8. The van der Waals surface area contributed by atoms with Crippen LogP contribution in [0.2, 0.25) is 0 Å². The standard InChI is InChI=1S/C13H22N6S/c1-4-6-10-13(20-18-17-10)11(14-3)8-12-15-9-16-19(12)7-5-2/h9,11,14H,4-8H2,1-3H3. The number of aromatic nitrogens is 5. The summed E-state index contributed by atoms with van der Waals surface area (Å²) in [6.07, 6.45) is 5.57. The first-order valence-electron chi connectivity index (χ1n) is 7.15. The first-order valence-corrected chi connectivity index (χ1v) is 7.92. The zero-order valence-corrected chi connectivity index (χ0v) is 13.2. The molecule has 0 aliphatic rings. The van der Waals surface area contributed by atoms with Gasteiger partial charge in [-0.25, -0.2) is 4.98 Å². The van der Waals surface area contributed by atoms with Gasteiger partial charge in [-0.05, 0) is 31.4 Å². The molecule has 20 heavy (non-hydrogen) atoms. The van der Waals surface area contributed by atoms with Gasteiger partial charge in [0.05, 0.1) is 16.6 Å². The van der Waals surface area contributed by atoms with Crippen molar-refractivity contribution >= 4 is 11.5 Å². The fraction of sp³-hybridized carbons (Fsp3) is 0.692. The Morgan fingerprint density at radius 1 is 1.35 bits per heavy atom. The largest absolute Gasteiger partial charge is 0.312 e. The van der Waals surface area contributed by atoms with E-state index in [4.69, 9.17) is 0 Å². The van der Waals surface area contributed by atoms with E-state index < -0.39 is 0 Å². The molecule has 6 nitrogen and oxygen atoms in total. The molecule has 2 aromatic heterocycles. The maximum Gasteiger partial charge on any atom is 0.138 e. The minimum absolute atomic E-state index is 0.205. The molecule has 0 aliphatic carbocycles. The average Bonchev–Trinajstić information content (AvgIpc) is 3.07. The summed E-state index contributed by atoms with van der Waals surface area (Å²) in [6, 6.07) is 0.205. The maximum absolute atomic E-state index is 4.38. The van der Waals surface area contributed by atoms with E-state index in [1.54, 1.807) is 6.33 Å². The topological polar surface area (TPSA) is 68.5 Å². The minimum Gasteiger partial charge on any atom is -0.312 e. The van der Waals surface area contributed by atoms with Crippen molar-refractivity contribution in [3.05, 3.63) is 22.7 Å². The number of nitrogens with zero attached hydrogens (tertiary/aromatic N) is 5. The number of likely N-dealkylation sites (N-methyl/N-ethyl adjacent to an activating group) is 1. The minimum atomic E-state index is 0.205. The van der Waals surface area contributed by atoms with Crippen LogP contribution in [0.5, 0.6) is 0 Å². The van der Waals surface area contributed by atoms with Crippen molar-refractivity contribution in [2.75, 3.05) is 7.05 Å². The Morgan fingerprint density at radius 3 is 2.90 bits per heavy atom. The number of nitrogens with one attached hydrogen (secondary N) is 1. The molecule has 0 saturated heterocycles. The van der Waals surface area contributed by atoms with Crippen LogP contribution in [0.15, 0.2) is 6.33 Å². The van der Waals surface area contributed by atoms with Gasteiger partial charge in [0.1, 0.15) is 12.2 Å². The third-order valence-corrected chi connectivity index (χ3v) is 4.13. The van der Waals surface area contributed by atoms with Gasteiger partial charge < -0.3 is 5.32 Å². The highest BCUT2D eigenvalue weighted by Crippen LogP contribution is 2.24. The van der Waals surface area contributed by atoms with Crippen molar-refractivity contribution in [1.82, 2.24) is 29.7 Å². The van der Waals surface area contributed by atoms with E-state index in [0.29, 0.717) is 0 Å². The van der Waals surface area contributed by atoms with Crippen LogP contribution in [-0.4, -0.2) is 31.4 Å². The maximum atomic E-state index is 4.38. The Kier molecular flexibility index (Phi) is 5.60. The smallest absolute Gasteiger partial charge is 0.138 e. The summed E-state index contributed by atoms with van der Waals surface area (Å²) >= 11 is 1.48. The van der Waals surface area contributed by atoms with Gasteiger partial charge in [0.2, 0.25) is 0 Å². The van der Waals surface area contributed by atoms with Crippen molar-refractivity contribution in [3.63, 3.8) is 0 Å². The van der Waals surface area contributed by atoms with Gasteiger partial charge in [-0.15, -0.1) is 5.10 Å². The second kappa shape index (κ2) is 7.44. The van der Waals surface area contributed by atoms with E-state index in [9.17, 15) is 0 Å². The predicted molar refractivity (Wildman–Crippen MR) is 79.7 cm³/mol. The van der Waals surface area contributed by atoms with Gasteiger partial charge in [-0.3, -0.25) is 4.68 Å². The molecular weight excluding hydrogens is 272 g/mol. The third kappa shape index (κ3) is 3.40. The van der Waals surface area contributed by atoms with E-state index in [-0.39, 0.29) is 6.04 Å². The van der Waals surface area contributed by atoms with Gasteiger partial charge in [0.15, 0.2) is 0 Å². The number of hydrogen-bond acceptors (Lipinski definition) is 6. The molecule has 0 fully saturated rings. The second-order valence-corrected chi connectivity index (χ2v) is 5.56. The summed E-state index contributed by atoms with van der Waals surface area (Å²) in [5.74, 6) is 1.02. The Bertz CT molecular complexity index is 520. The SMILES string of the molecule is CCCc1nnsc1C(Cc1ncnn1CCC)NC. The highest BCUT2D eigenvalue weighted by atomic mass is 32.1. The Labute approximate surface area is 123 Å². The summed E-state index contributed by atoms with van der Waals surface area (Å²) in [5, 5.41) is 11.9. The lowest BCUT2D eigenvalue weighted by Crippen LogP contribution is -2.21. The molecule has 0 aromatic carbocycles. The van der Waals surface area contributed by atoms with Crippen LogP contribution in [0, 0.1) is 0 Å². The zero-order valence-electron chi connectivity index (χ0n) is 12.3. The summed E-state index contributed by atoms with van der Waals surface area (Å²) in [7, 11) is 1.97. The fourth-order valence-electron chi connectivity index (χ4n) is 2.24. The lowest BCUT2D eigenvalue weighted by molar-refractivity contribution is 0.518. The molecule has 0 saturated carbocycles. The number of aryl methyl sites for hydroxylation is 2. The normalized spacial score (nSPS) is 12.8. The van der Waals surface area contributed by atoms with E-state index in [1.807, 2.05) is 11.7 Å². The monoisotopic (exact) mass is 294 g/mol. The van der Waals surface area contributed by atoms with E-state index in [1.165, 1.54) is 16.4 Å². The van der Waals surface area contributed by atoms with E-state index in [2.05, 4.69) is 38.8 Å². The summed E-state index contributed by atoms with van der Waals surface area (Å²) in [6.45, 7) is 5.22. The summed E-state index contributed by atoms with van der Waals surface area (Å²) in [5.41, 5.74) is 1.11. The number of hydrogen-bond donors (Lipinski definition) is 1. The quantitative estimate of drug-likeness (QED) is 0.806. The fourth-order valence-corrected chi connectivity index (χ4v) is 3.05. The molecule has 1 unspecified atom stereocenters. The van der Waals surface area contributed by atoms with Crippen molar-refractivity contribution in [2.24, 2.45) is 0 Å². The van der Waals surface area contributed by atoms with Crippen LogP contribution < -0.4 is 5.32 Å². The molecule has 0 amide bonds. The van der Waals surface area contributed by atoms with Crippen LogP contribution in [0.25, 0.3) is 0 Å². The summed E-state index contributed by atoms with van der Waals surface area (Å²) < 4.78 is 6.09. The van der Waals surface area contributed by atoms with Crippen LogP contribution >= 0.6 is 11.5 Å². The molecule has 110 valence electrons. The Morgan fingerprint density at radius 2 is 2.20 bits per heavy atom. The van der Waals surface area contributed by atoms with Gasteiger partial charge in [0.25, 0.3) is 0 Å². The lowest BCUT2D eigenvalue weighted by atomic mass is 10.1. The molecule has 2 aromatic rings. The molecule has 1 N–H and O–H groups in total. The first-order chi connectivity index (χ1) is 9.80. The zero-order chi connectivity index (χ0) is 14.4. The van der Waals surface area contributed by atoms with Crippen molar-refractivity contribution < 1.29 is 0 Å². The lowest BCUT2D eigenvalue weighted by Gasteiger charge is -2.15. The molecule has 1 atom stereocenters. The average molecular weight is 294 g/mol. The second-order valence-electron chi connectivity index (χ2n) is 4.78. The van der Waals surface area contributed by atoms with Gasteiger partial charge in [0, 0.05) is 13.0 Å². The molecule has 2 rings (SSSR count). The van der Waals surface area contributed by atoms with E-state index >= 15 is 0 Å². The Hall–Kier alpha value is -1.34. The summed E-state index contributed by atoms with van der Waals surface area (Å²) in [4.78, 5) is 5.61. The van der Waals surface area contributed by atoms with Gasteiger partial charge in [-0.1, -0.05) is 24.8 Å². The Balaban J connectivity index is 2.15. The van der Waals surface area contributed by atoms with Crippen LogP contribution in [-0.2, 0) is 19.4 Å². The van der Waals surface area contributed by atoms with Crippen LogP contribution in [0.1, 0.15) is 49.1 Å². The molecule has 0 bridgehead atoms. The highest BCUT2D eigenvalue weighted by Gasteiger charge is 2.20. The molecule has 7 heteroatoms. The van der Waals surface area contributed by atoms with Gasteiger partial charge >= 0.3 is 0 Å². The van der Waals surface area contributed by atoms with E-state index in [0.717, 1.165) is 43.7 Å². The van der Waals surface area contributed by atoms with Crippen molar-refractivity contribution in [1.29, 1.82) is 0 Å². The first kappa shape index (κ1) is 15.1. The molecule has 0 radical (unpaired) electrons. The molecular formula is C13H22N6S. The molecule has 0 aliphatic heterocycles. The van der Waals surface area contributed by atoms with Gasteiger partial charge in [-0.2, -0.15) is 5.10 Å². The van der Waals surface area contributed by atoms with Crippen molar-refractivity contribution in [3.8, 4) is 0 Å². The van der Waals surface area contributed by atoms with Crippen LogP contribution in [0.3, 0.4) is 0 Å². The van der Waals surface area contributed by atoms with Crippen LogP contribution in [0.4, 0.5) is 0 Å². The third-order valence-electron chi connectivity index (χ3n) is 3.25. The predicted octanol–water partition coefficient (Wildman–Crippen LogP) is 2.00.